The summed E-state index contributed by atoms with van der Waals surface area (Å²) in [6.45, 7) is 3.12. The SMILES string of the molecule is Cc1c2c(nn1Cc1ccccn1)-c1cc(C(=O)NCc3ccn(C)n3)oc1CC21CC1. The van der Waals surface area contributed by atoms with Gasteiger partial charge >= 0.3 is 0 Å². The molecule has 32 heavy (non-hydrogen) atoms. The van der Waals surface area contributed by atoms with Gasteiger partial charge in [-0.3, -0.25) is 19.1 Å². The molecule has 1 spiro atoms. The Kier molecular flexibility index (Phi) is 4.11. The summed E-state index contributed by atoms with van der Waals surface area (Å²) in [5.74, 6) is 0.952. The summed E-state index contributed by atoms with van der Waals surface area (Å²) < 4.78 is 9.82. The predicted molar refractivity (Wildman–Crippen MR) is 117 cm³/mol. The second-order valence-corrected chi connectivity index (χ2v) is 8.86. The first-order valence-corrected chi connectivity index (χ1v) is 10.9. The molecule has 0 aliphatic heterocycles. The van der Waals surface area contributed by atoms with Crippen molar-refractivity contribution in [3.63, 3.8) is 0 Å². The smallest absolute Gasteiger partial charge is 0.287 e. The lowest BCUT2D eigenvalue weighted by atomic mass is 9.82. The number of carbonyl (C=O) groups is 1. The summed E-state index contributed by atoms with van der Waals surface area (Å²) in [6.07, 6.45) is 6.72. The second kappa shape index (κ2) is 6.91. The number of pyridine rings is 1. The third-order valence-corrected chi connectivity index (χ3v) is 6.61. The van der Waals surface area contributed by atoms with Crippen molar-refractivity contribution in [3.8, 4) is 11.3 Å². The fraction of sp³-hybridized carbons (Fsp3) is 0.333. The van der Waals surface area contributed by atoms with E-state index in [2.05, 4.69) is 22.3 Å². The maximum atomic E-state index is 12.8. The van der Waals surface area contributed by atoms with E-state index in [0.29, 0.717) is 18.8 Å². The maximum absolute atomic E-state index is 12.8. The number of furan rings is 1. The molecule has 162 valence electrons. The van der Waals surface area contributed by atoms with Crippen molar-refractivity contribution in [3.05, 3.63) is 76.9 Å². The van der Waals surface area contributed by atoms with Gasteiger partial charge < -0.3 is 9.73 Å². The Balaban J connectivity index is 1.31. The molecule has 1 amide bonds. The number of rotatable bonds is 5. The van der Waals surface area contributed by atoms with E-state index in [0.717, 1.165) is 47.7 Å². The number of nitrogens with zero attached hydrogens (tertiary/aromatic N) is 5. The average Bonchev–Trinajstić information content (AvgIpc) is 3.10. The number of nitrogens with one attached hydrogen (secondary N) is 1. The summed E-state index contributed by atoms with van der Waals surface area (Å²) in [7, 11) is 1.85. The van der Waals surface area contributed by atoms with E-state index >= 15 is 0 Å². The van der Waals surface area contributed by atoms with Crippen LogP contribution in [0.4, 0.5) is 0 Å². The van der Waals surface area contributed by atoms with Crippen LogP contribution in [0.5, 0.6) is 0 Å². The number of aromatic nitrogens is 5. The van der Waals surface area contributed by atoms with Crippen LogP contribution in [0.3, 0.4) is 0 Å². The molecule has 2 aliphatic carbocycles. The van der Waals surface area contributed by atoms with Crippen LogP contribution in [0.15, 0.2) is 47.1 Å². The zero-order chi connectivity index (χ0) is 21.9. The van der Waals surface area contributed by atoms with Crippen molar-refractivity contribution >= 4 is 5.91 Å². The zero-order valence-corrected chi connectivity index (χ0v) is 18.1. The monoisotopic (exact) mass is 428 g/mol. The van der Waals surface area contributed by atoms with Crippen LogP contribution in [-0.4, -0.2) is 30.5 Å². The van der Waals surface area contributed by atoms with Crippen molar-refractivity contribution in [1.29, 1.82) is 0 Å². The Hall–Kier alpha value is -3.68. The molecule has 1 fully saturated rings. The van der Waals surface area contributed by atoms with Crippen LogP contribution < -0.4 is 5.32 Å². The van der Waals surface area contributed by atoms with Crippen molar-refractivity contribution < 1.29 is 9.21 Å². The van der Waals surface area contributed by atoms with Crippen LogP contribution in [0.25, 0.3) is 11.3 Å². The lowest BCUT2D eigenvalue weighted by Crippen LogP contribution is -2.22. The van der Waals surface area contributed by atoms with Gasteiger partial charge in [0, 0.05) is 48.1 Å². The molecule has 0 saturated heterocycles. The van der Waals surface area contributed by atoms with Crippen molar-refractivity contribution in [2.24, 2.45) is 7.05 Å². The first-order chi connectivity index (χ1) is 15.5. The molecule has 1 N–H and O–H groups in total. The Bertz CT molecular complexity index is 1330. The first kappa shape index (κ1) is 19.0. The molecule has 0 radical (unpaired) electrons. The minimum absolute atomic E-state index is 0.0916. The van der Waals surface area contributed by atoms with Crippen LogP contribution in [0.2, 0.25) is 0 Å². The lowest BCUT2D eigenvalue weighted by molar-refractivity contribution is 0.0920. The summed E-state index contributed by atoms with van der Waals surface area (Å²) in [6, 6.07) is 9.65. The highest BCUT2D eigenvalue weighted by Crippen LogP contribution is 2.58. The first-order valence-electron chi connectivity index (χ1n) is 10.9. The van der Waals surface area contributed by atoms with E-state index in [1.54, 1.807) is 10.9 Å². The van der Waals surface area contributed by atoms with Crippen LogP contribution in [0, 0.1) is 6.92 Å². The van der Waals surface area contributed by atoms with E-state index < -0.39 is 0 Å². The molecule has 4 heterocycles. The molecule has 8 nitrogen and oxygen atoms in total. The maximum Gasteiger partial charge on any atom is 0.287 e. The minimum atomic E-state index is -0.235. The number of hydrogen-bond donors (Lipinski definition) is 1. The van der Waals surface area contributed by atoms with Gasteiger partial charge in [-0.15, -0.1) is 0 Å². The number of aryl methyl sites for hydroxylation is 1. The van der Waals surface area contributed by atoms with E-state index in [9.17, 15) is 4.79 Å². The van der Waals surface area contributed by atoms with E-state index in [1.807, 2.05) is 48.3 Å². The van der Waals surface area contributed by atoms with E-state index in [-0.39, 0.29) is 11.3 Å². The molecule has 8 heteroatoms. The molecule has 0 bridgehead atoms. The van der Waals surface area contributed by atoms with Gasteiger partial charge in [0.25, 0.3) is 5.91 Å². The van der Waals surface area contributed by atoms with Crippen LogP contribution >= 0.6 is 0 Å². The number of hydrogen-bond acceptors (Lipinski definition) is 5. The molecule has 1 saturated carbocycles. The molecule has 0 atom stereocenters. The lowest BCUT2D eigenvalue weighted by Gasteiger charge is -2.20. The summed E-state index contributed by atoms with van der Waals surface area (Å²) in [4.78, 5) is 17.2. The van der Waals surface area contributed by atoms with E-state index in [4.69, 9.17) is 9.52 Å². The number of fused-ring (bicyclic) bond motifs is 4. The Morgan fingerprint density at radius 3 is 2.81 bits per heavy atom. The fourth-order valence-electron chi connectivity index (χ4n) is 4.83. The van der Waals surface area contributed by atoms with Gasteiger partial charge in [0.05, 0.1) is 30.2 Å². The van der Waals surface area contributed by atoms with Gasteiger partial charge in [0.1, 0.15) is 5.76 Å². The van der Waals surface area contributed by atoms with Crippen molar-refractivity contribution in [1.82, 2.24) is 29.9 Å². The molecular weight excluding hydrogens is 404 g/mol. The highest BCUT2D eigenvalue weighted by Gasteiger charge is 2.52. The van der Waals surface area contributed by atoms with Gasteiger partial charge in [0.2, 0.25) is 0 Å². The Labute approximate surface area is 185 Å². The summed E-state index contributed by atoms with van der Waals surface area (Å²) in [5.41, 5.74) is 6.24. The topological polar surface area (TPSA) is 90.8 Å². The Morgan fingerprint density at radius 1 is 1.22 bits per heavy atom. The van der Waals surface area contributed by atoms with Gasteiger partial charge in [-0.05, 0) is 44.0 Å². The van der Waals surface area contributed by atoms with Crippen molar-refractivity contribution in [2.45, 2.75) is 44.7 Å². The minimum Gasteiger partial charge on any atom is -0.455 e. The zero-order valence-electron chi connectivity index (χ0n) is 18.1. The molecule has 6 rings (SSSR count). The highest BCUT2D eigenvalue weighted by atomic mass is 16.4. The van der Waals surface area contributed by atoms with E-state index in [1.165, 1.54) is 11.3 Å². The van der Waals surface area contributed by atoms with Crippen LogP contribution in [-0.2, 0) is 32.0 Å². The fourth-order valence-corrected chi connectivity index (χ4v) is 4.83. The second-order valence-electron chi connectivity index (χ2n) is 8.86. The van der Waals surface area contributed by atoms with Gasteiger partial charge in [-0.25, -0.2) is 0 Å². The Morgan fingerprint density at radius 2 is 2.09 bits per heavy atom. The molecule has 2 aliphatic rings. The summed E-state index contributed by atoms with van der Waals surface area (Å²) >= 11 is 0. The van der Waals surface area contributed by atoms with Gasteiger partial charge in [0.15, 0.2) is 5.76 Å². The number of amides is 1. The third-order valence-electron chi connectivity index (χ3n) is 6.61. The quantitative estimate of drug-likeness (QED) is 0.527. The standard InChI is InChI=1S/C24H24N6O2/c1-15-21-22(28-30(15)14-17-5-3-4-9-25-17)18-11-19(32-20(18)12-24(21)7-8-24)23(31)26-13-16-6-10-29(2)27-16/h3-6,9-11H,7-8,12-14H2,1-2H3,(H,26,31). The molecule has 4 aromatic heterocycles. The predicted octanol–water partition coefficient (Wildman–Crippen LogP) is 3.15. The largest absolute Gasteiger partial charge is 0.455 e. The van der Waals surface area contributed by atoms with Gasteiger partial charge in [-0.1, -0.05) is 6.07 Å². The molecule has 0 unspecified atom stereocenters. The molecule has 4 aromatic rings. The molecule has 0 aromatic carbocycles. The van der Waals surface area contributed by atoms with Crippen molar-refractivity contribution in [2.75, 3.05) is 0 Å². The highest BCUT2D eigenvalue weighted by molar-refractivity contribution is 5.93. The average molecular weight is 428 g/mol. The third kappa shape index (κ3) is 3.05. The van der Waals surface area contributed by atoms with Crippen LogP contribution in [0.1, 0.15) is 51.8 Å². The molecular formula is C24H24N6O2. The summed E-state index contributed by atoms with van der Waals surface area (Å²) in [5, 5.41) is 12.2. The normalized spacial score (nSPS) is 15.4. The van der Waals surface area contributed by atoms with Gasteiger partial charge in [-0.2, -0.15) is 10.2 Å². The number of carbonyl (C=O) groups excluding carboxylic acids is 1.